The third-order valence-corrected chi connectivity index (χ3v) is 5.24. The van der Waals surface area contributed by atoms with Gasteiger partial charge in [0.2, 0.25) is 0 Å². The number of alkyl halides is 1. The fourth-order valence-electron chi connectivity index (χ4n) is 3.58. The Morgan fingerprint density at radius 3 is 2.59 bits per heavy atom. The number of hydrogen-bond donors (Lipinski definition) is 3. The van der Waals surface area contributed by atoms with E-state index in [4.69, 9.17) is 10.5 Å². The summed E-state index contributed by atoms with van der Waals surface area (Å²) >= 11 is 0. The van der Waals surface area contributed by atoms with Gasteiger partial charge in [-0.1, -0.05) is 12.1 Å². The summed E-state index contributed by atoms with van der Waals surface area (Å²) in [5.41, 5.74) is 4.95. The molecule has 9 nitrogen and oxygen atoms in total. The van der Waals surface area contributed by atoms with Gasteiger partial charge in [-0.2, -0.15) is 10.2 Å². The number of aromatic nitrogens is 4. The van der Waals surface area contributed by atoms with Gasteiger partial charge in [-0.25, -0.2) is 18.6 Å². The fourth-order valence-corrected chi connectivity index (χ4v) is 3.58. The number of nitrogens with two attached hydrogens (primary N) is 1. The van der Waals surface area contributed by atoms with Crippen LogP contribution in [0.3, 0.4) is 0 Å². The molecule has 0 saturated carbocycles. The van der Waals surface area contributed by atoms with Gasteiger partial charge in [0.1, 0.15) is 28.4 Å². The molecule has 0 aliphatic rings. The minimum atomic E-state index is -1.90. The van der Waals surface area contributed by atoms with Crippen LogP contribution in [0.15, 0.2) is 47.3 Å². The third-order valence-electron chi connectivity index (χ3n) is 5.24. The second kappa shape index (κ2) is 8.58. The van der Waals surface area contributed by atoms with E-state index in [2.05, 4.69) is 20.6 Å². The van der Waals surface area contributed by atoms with E-state index in [-0.39, 0.29) is 40.3 Å². The summed E-state index contributed by atoms with van der Waals surface area (Å²) < 4.78 is 34.8. The van der Waals surface area contributed by atoms with Crippen LogP contribution in [0.2, 0.25) is 0 Å². The number of carbonyl (C=O) groups is 1. The largest absolute Gasteiger partial charge is 0.496 e. The molecule has 0 aliphatic heterocycles. The molecule has 4 rings (SSSR count). The number of hydrogen-bond acceptors (Lipinski definition) is 6. The number of carbonyl (C=O) groups excluding carboxylic acids is 1. The number of fused-ring (bicyclic) bond motifs is 1. The van der Waals surface area contributed by atoms with Gasteiger partial charge in [0, 0.05) is 6.54 Å². The number of anilines is 1. The molecule has 2 aromatic heterocycles. The summed E-state index contributed by atoms with van der Waals surface area (Å²) in [6.07, 6.45) is 0. The zero-order chi connectivity index (χ0) is 24.6. The summed E-state index contributed by atoms with van der Waals surface area (Å²) in [6, 6.07) is 10.5. The van der Waals surface area contributed by atoms with E-state index in [9.17, 15) is 18.4 Å². The maximum absolute atomic E-state index is 14.8. The van der Waals surface area contributed by atoms with Crippen molar-refractivity contribution in [2.45, 2.75) is 26.1 Å². The molecule has 0 spiro atoms. The number of methoxy groups -OCH3 is 1. The third kappa shape index (κ3) is 4.19. The molecule has 2 aromatic carbocycles. The number of halogens is 2. The molecule has 4 N–H and O–H groups in total. The van der Waals surface area contributed by atoms with Gasteiger partial charge in [-0.3, -0.25) is 9.59 Å². The molecule has 2 heterocycles. The Morgan fingerprint density at radius 2 is 1.94 bits per heavy atom. The molecule has 0 bridgehead atoms. The second-order valence-corrected chi connectivity index (χ2v) is 8.09. The van der Waals surface area contributed by atoms with E-state index in [1.807, 2.05) is 0 Å². The average Bonchev–Trinajstić information content (AvgIpc) is 3.23. The number of nitrogens with one attached hydrogen (secondary N) is 2. The van der Waals surface area contributed by atoms with Crippen LogP contribution in [0.1, 0.15) is 35.5 Å². The number of rotatable bonds is 6. The van der Waals surface area contributed by atoms with Crippen LogP contribution < -0.4 is 21.3 Å². The summed E-state index contributed by atoms with van der Waals surface area (Å²) in [5, 5.41) is 13.1. The summed E-state index contributed by atoms with van der Waals surface area (Å²) in [6.45, 7) is 2.76. The van der Waals surface area contributed by atoms with E-state index < -0.39 is 23.0 Å². The summed E-state index contributed by atoms with van der Waals surface area (Å²) in [4.78, 5) is 24.9. The monoisotopic (exact) mass is 468 g/mol. The highest BCUT2D eigenvalue weighted by Gasteiger charge is 2.30. The number of nitrogens with zero attached hydrogens (tertiary/aromatic N) is 3. The Labute approximate surface area is 192 Å². The fraction of sp³-hybridized carbons (Fsp3) is 0.217. The van der Waals surface area contributed by atoms with Gasteiger partial charge < -0.3 is 15.8 Å². The van der Waals surface area contributed by atoms with E-state index in [1.54, 1.807) is 24.3 Å². The first kappa shape index (κ1) is 22.9. The zero-order valence-corrected chi connectivity index (χ0v) is 18.6. The van der Waals surface area contributed by atoms with Gasteiger partial charge >= 0.3 is 0 Å². The maximum atomic E-state index is 14.8. The Balaban J connectivity index is 1.62. The first-order chi connectivity index (χ1) is 16.1. The van der Waals surface area contributed by atoms with Crippen LogP contribution in [0.25, 0.3) is 16.6 Å². The van der Waals surface area contributed by atoms with Crippen molar-refractivity contribution in [2.24, 2.45) is 0 Å². The molecule has 4 aromatic rings. The zero-order valence-electron chi connectivity index (χ0n) is 18.6. The van der Waals surface area contributed by atoms with E-state index in [0.29, 0.717) is 5.69 Å². The molecule has 0 saturated heterocycles. The Hall–Kier alpha value is -4.28. The number of amides is 1. The minimum absolute atomic E-state index is 0.00187. The first-order valence-corrected chi connectivity index (χ1v) is 10.3. The molecule has 0 aliphatic carbocycles. The van der Waals surface area contributed by atoms with Crippen molar-refractivity contribution in [3.8, 4) is 11.4 Å². The van der Waals surface area contributed by atoms with Crippen LogP contribution in [0, 0.1) is 5.82 Å². The SMILES string of the molecule is COc1ccc(F)cc1C(=O)NCc1ccc(-n2nc(C(C)(C)F)c3c(=O)[nH]nc(N)c32)cc1. The van der Waals surface area contributed by atoms with E-state index in [1.165, 1.54) is 37.8 Å². The lowest BCUT2D eigenvalue weighted by atomic mass is 10.0. The second-order valence-electron chi connectivity index (χ2n) is 8.09. The van der Waals surface area contributed by atoms with Gasteiger partial charge in [0.25, 0.3) is 11.5 Å². The predicted molar refractivity (Wildman–Crippen MR) is 122 cm³/mol. The number of H-pyrrole nitrogens is 1. The van der Waals surface area contributed by atoms with E-state index >= 15 is 0 Å². The molecule has 0 fully saturated rings. The first-order valence-electron chi connectivity index (χ1n) is 10.3. The molecule has 0 atom stereocenters. The molecule has 0 radical (unpaired) electrons. The highest BCUT2D eigenvalue weighted by molar-refractivity contribution is 5.97. The Kier molecular flexibility index (Phi) is 5.78. The molecular weight excluding hydrogens is 446 g/mol. The lowest BCUT2D eigenvalue weighted by Gasteiger charge is -2.11. The van der Waals surface area contributed by atoms with Crippen LogP contribution in [0.5, 0.6) is 5.75 Å². The van der Waals surface area contributed by atoms with Crippen molar-refractivity contribution in [1.29, 1.82) is 0 Å². The lowest BCUT2D eigenvalue weighted by molar-refractivity contribution is 0.0947. The van der Waals surface area contributed by atoms with Crippen molar-refractivity contribution >= 4 is 22.6 Å². The highest BCUT2D eigenvalue weighted by atomic mass is 19.1. The molecular formula is C23H22F2N6O3. The smallest absolute Gasteiger partial charge is 0.275 e. The standard InChI is InChI=1S/C23H22F2N6O3/c1-23(2,25)19-17-18(20(26)28-29-22(17)33)31(30-19)14-7-4-12(5-8-14)11-27-21(32)15-10-13(24)6-9-16(15)34-3/h4-10H,11H2,1-3H3,(H2,26,28)(H,27,32)(H,29,33). The van der Waals surface area contributed by atoms with Gasteiger partial charge in [-0.15, -0.1) is 0 Å². The normalized spacial score (nSPS) is 11.6. The molecule has 176 valence electrons. The maximum Gasteiger partial charge on any atom is 0.275 e. The quantitative estimate of drug-likeness (QED) is 0.399. The number of benzene rings is 2. The van der Waals surface area contributed by atoms with Crippen LogP contribution in [0.4, 0.5) is 14.6 Å². The number of aromatic amines is 1. The van der Waals surface area contributed by atoms with Crippen LogP contribution in [-0.2, 0) is 12.2 Å². The molecule has 1 amide bonds. The summed E-state index contributed by atoms with van der Waals surface area (Å²) in [7, 11) is 1.40. The van der Waals surface area contributed by atoms with Crippen molar-refractivity contribution in [3.05, 3.63) is 75.5 Å². The van der Waals surface area contributed by atoms with Crippen molar-refractivity contribution < 1.29 is 18.3 Å². The minimum Gasteiger partial charge on any atom is -0.496 e. The van der Waals surface area contributed by atoms with Crippen molar-refractivity contribution in [3.63, 3.8) is 0 Å². The predicted octanol–water partition coefficient (Wildman–Crippen LogP) is 2.97. The van der Waals surface area contributed by atoms with Crippen LogP contribution in [-0.4, -0.2) is 33.0 Å². The number of nitrogen functional groups attached to an aromatic ring is 1. The summed E-state index contributed by atoms with van der Waals surface area (Å²) in [5.74, 6) is -0.790. The topological polar surface area (TPSA) is 128 Å². The van der Waals surface area contributed by atoms with Gasteiger partial charge in [0.05, 0.1) is 23.7 Å². The van der Waals surface area contributed by atoms with Gasteiger partial charge in [-0.05, 0) is 49.7 Å². The van der Waals surface area contributed by atoms with Crippen molar-refractivity contribution in [2.75, 3.05) is 12.8 Å². The number of ether oxygens (including phenoxy) is 1. The van der Waals surface area contributed by atoms with Crippen molar-refractivity contribution in [1.82, 2.24) is 25.3 Å². The Bertz CT molecular complexity index is 1440. The van der Waals surface area contributed by atoms with E-state index in [0.717, 1.165) is 11.6 Å². The highest BCUT2D eigenvalue weighted by Crippen LogP contribution is 2.31. The average molecular weight is 468 g/mol. The van der Waals surface area contributed by atoms with Gasteiger partial charge in [0.15, 0.2) is 5.82 Å². The van der Waals surface area contributed by atoms with Crippen LogP contribution >= 0.6 is 0 Å². The molecule has 11 heteroatoms. The Morgan fingerprint density at radius 1 is 1.24 bits per heavy atom. The molecule has 34 heavy (non-hydrogen) atoms. The lowest BCUT2D eigenvalue weighted by Crippen LogP contribution is -2.23. The molecule has 0 unspecified atom stereocenters.